The summed E-state index contributed by atoms with van der Waals surface area (Å²) in [6.07, 6.45) is -0.213. The summed E-state index contributed by atoms with van der Waals surface area (Å²) in [5.41, 5.74) is 9.40. The molecule has 20 heavy (non-hydrogen) atoms. The van der Waals surface area contributed by atoms with E-state index in [1.165, 1.54) is 11.3 Å². The van der Waals surface area contributed by atoms with Gasteiger partial charge in [0.2, 0.25) is 0 Å². The number of hydrogen-bond donors (Lipinski definition) is 1. The number of hydrogen-bond acceptors (Lipinski definition) is 4. The van der Waals surface area contributed by atoms with Gasteiger partial charge in [-0.15, -0.1) is 0 Å². The Bertz CT molecular complexity index is 468. The van der Waals surface area contributed by atoms with E-state index < -0.39 is 0 Å². The lowest BCUT2D eigenvalue weighted by Gasteiger charge is -2.36. The summed E-state index contributed by atoms with van der Waals surface area (Å²) >= 11 is 0. The van der Waals surface area contributed by atoms with Crippen molar-refractivity contribution < 1.29 is 9.53 Å². The first-order valence-corrected chi connectivity index (χ1v) is 7.12. The van der Waals surface area contributed by atoms with Crippen LogP contribution in [0.1, 0.15) is 18.1 Å². The molecule has 0 aliphatic carbocycles. The molecule has 5 heteroatoms. The predicted octanol–water partition coefficient (Wildman–Crippen LogP) is 1.73. The molecule has 1 amide bonds. The zero-order chi connectivity index (χ0) is 14.5. The van der Waals surface area contributed by atoms with Crippen molar-refractivity contribution in [3.05, 3.63) is 29.3 Å². The lowest BCUT2D eigenvalue weighted by Crippen LogP contribution is -2.49. The fourth-order valence-corrected chi connectivity index (χ4v) is 2.53. The number of anilines is 1. The third kappa shape index (κ3) is 3.22. The van der Waals surface area contributed by atoms with E-state index in [0.29, 0.717) is 26.2 Å². The summed E-state index contributed by atoms with van der Waals surface area (Å²) in [6.45, 7) is 7.87. The molecule has 0 spiro atoms. The Morgan fingerprint density at radius 2 is 2.00 bits per heavy atom. The second-order valence-corrected chi connectivity index (χ2v) is 5.01. The Labute approximate surface area is 120 Å². The van der Waals surface area contributed by atoms with Crippen LogP contribution in [0.4, 0.5) is 10.5 Å². The Hall–Kier alpha value is -1.75. The van der Waals surface area contributed by atoms with Gasteiger partial charge >= 0.3 is 6.09 Å². The first kappa shape index (κ1) is 14.7. The first-order chi connectivity index (χ1) is 9.65. The van der Waals surface area contributed by atoms with E-state index >= 15 is 0 Å². The average Bonchev–Trinajstić information content (AvgIpc) is 2.47. The van der Waals surface area contributed by atoms with Crippen LogP contribution in [0.15, 0.2) is 18.2 Å². The highest BCUT2D eigenvalue weighted by molar-refractivity contribution is 5.68. The van der Waals surface area contributed by atoms with E-state index in [2.05, 4.69) is 30.0 Å². The molecule has 1 aromatic carbocycles. The number of nitrogens with two attached hydrogens (primary N) is 1. The van der Waals surface area contributed by atoms with Crippen LogP contribution in [-0.4, -0.2) is 43.8 Å². The van der Waals surface area contributed by atoms with Gasteiger partial charge < -0.3 is 20.3 Å². The van der Waals surface area contributed by atoms with Crippen molar-refractivity contribution in [3.63, 3.8) is 0 Å². The molecule has 1 aromatic rings. The molecule has 0 saturated carbocycles. The molecule has 2 N–H and O–H groups in total. The molecule has 5 nitrogen and oxygen atoms in total. The highest BCUT2D eigenvalue weighted by Gasteiger charge is 2.22. The van der Waals surface area contributed by atoms with Crippen LogP contribution in [-0.2, 0) is 11.3 Å². The van der Waals surface area contributed by atoms with Crippen LogP contribution in [0.5, 0.6) is 0 Å². The molecule has 1 fully saturated rings. The van der Waals surface area contributed by atoms with Gasteiger partial charge in [-0.05, 0) is 25.5 Å². The Morgan fingerprint density at radius 3 is 2.60 bits per heavy atom. The maximum atomic E-state index is 11.7. The second kappa shape index (κ2) is 6.61. The van der Waals surface area contributed by atoms with E-state index in [1.807, 2.05) is 6.92 Å². The Balaban J connectivity index is 2.02. The standard InChI is InChI=1S/C15H23N3O2/c1-3-20-15(19)18-8-6-17(7-9-18)14-5-4-12(2)10-13(14)11-16/h4-5,10H,3,6-9,11,16H2,1-2H3. The Kier molecular flexibility index (Phi) is 4.84. The summed E-state index contributed by atoms with van der Waals surface area (Å²) in [5.74, 6) is 0. The largest absolute Gasteiger partial charge is 0.450 e. The summed E-state index contributed by atoms with van der Waals surface area (Å²) < 4.78 is 5.03. The quantitative estimate of drug-likeness (QED) is 0.914. The van der Waals surface area contributed by atoms with Crippen LogP contribution in [0.2, 0.25) is 0 Å². The SMILES string of the molecule is CCOC(=O)N1CCN(c2ccc(C)cc2CN)CC1. The number of carbonyl (C=O) groups is 1. The fraction of sp³-hybridized carbons (Fsp3) is 0.533. The molecule has 1 aliphatic heterocycles. The molecule has 0 radical (unpaired) electrons. The monoisotopic (exact) mass is 277 g/mol. The molecule has 0 aromatic heterocycles. The minimum atomic E-state index is -0.213. The number of ether oxygens (including phenoxy) is 1. The van der Waals surface area contributed by atoms with E-state index in [1.54, 1.807) is 4.90 Å². The number of rotatable bonds is 3. The third-order valence-electron chi connectivity index (χ3n) is 3.60. The fourth-order valence-electron chi connectivity index (χ4n) is 2.53. The number of nitrogens with zero attached hydrogens (tertiary/aromatic N) is 2. The summed E-state index contributed by atoms with van der Waals surface area (Å²) in [7, 11) is 0. The zero-order valence-electron chi connectivity index (χ0n) is 12.3. The minimum Gasteiger partial charge on any atom is -0.450 e. The Morgan fingerprint density at radius 1 is 1.30 bits per heavy atom. The molecule has 0 atom stereocenters. The third-order valence-corrected chi connectivity index (χ3v) is 3.60. The van der Waals surface area contributed by atoms with Gasteiger partial charge in [-0.25, -0.2) is 4.79 Å². The molecule has 0 unspecified atom stereocenters. The van der Waals surface area contributed by atoms with Gasteiger partial charge in [-0.3, -0.25) is 0 Å². The molecule has 1 saturated heterocycles. The van der Waals surface area contributed by atoms with Crippen LogP contribution < -0.4 is 10.6 Å². The van der Waals surface area contributed by atoms with Crippen molar-refractivity contribution >= 4 is 11.8 Å². The van der Waals surface area contributed by atoms with Crippen LogP contribution >= 0.6 is 0 Å². The molecule has 2 rings (SSSR count). The number of carbonyl (C=O) groups excluding carboxylic acids is 1. The predicted molar refractivity (Wildman–Crippen MR) is 79.9 cm³/mol. The highest BCUT2D eigenvalue weighted by Crippen LogP contribution is 2.23. The van der Waals surface area contributed by atoms with E-state index in [-0.39, 0.29) is 6.09 Å². The maximum absolute atomic E-state index is 11.7. The lowest BCUT2D eigenvalue weighted by atomic mass is 10.1. The van der Waals surface area contributed by atoms with Crippen LogP contribution in [0.3, 0.4) is 0 Å². The van der Waals surface area contributed by atoms with Gasteiger partial charge in [0.1, 0.15) is 0 Å². The van der Waals surface area contributed by atoms with Gasteiger partial charge in [0, 0.05) is 38.4 Å². The van der Waals surface area contributed by atoms with Crippen molar-refractivity contribution in [1.29, 1.82) is 0 Å². The molecule has 1 aliphatic rings. The lowest BCUT2D eigenvalue weighted by molar-refractivity contribution is 0.105. The second-order valence-electron chi connectivity index (χ2n) is 5.01. The van der Waals surface area contributed by atoms with Gasteiger partial charge in [0.15, 0.2) is 0 Å². The maximum Gasteiger partial charge on any atom is 0.409 e. The average molecular weight is 277 g/mol. The smallest absolute Gasteiger partial charge is 0.409 e. The number of piperazine rings is 1. The molecule has 0 bridgehead atoms. The van der Waals surface area contributed by atoms with Crippen molar-refractivity contribution in [3.8, 4) is 0 Å². The topological polar surface area (TPSA) is 58.8 Å². The summed E-state index contributed by atoms with van der Waals surface area (Å²) in [5, 5.41) is 0. The van der Waals surface area contributed by atoms with Crippen molar-refractivity contribution in [2.45, 2.75) is 20.4 Å². The number of benzene rings is 1. The van der Waals surface area contributed by atoms with Gasteiger partial charge in [-0.1, -0.05) is 17.7 Å². The van der Waals surface area contributed by atoms with Gasteiger partial charge in [0.25, 0.3) is 0 Å². The molecule has 110 valence electrons. The van der Waals surface area contributed by atoms with Crippen molar-refractivity contribution in [1.82, 2.24) is 4.90 Å². The van der Waals surface area contributed by atoms with Crippen LogP contribution in [0.25, 0.3) is 0 Å². The van der Waals surface area contributed by atoms with Crippen LogP contribution in [0, 0.1) is 6.92 Å². The normalized spacial score (nSPS) is 15.3. The van der Waals surface area contributed by atoms with Gasteiger partial charge in [-0.2, -0.15) is 0 Å². The first-order valence-electron chi connectivity index (χ1n) is 7.12. The molecule has 1 heterocycles. The summed E-state index contributed by atoms with van der Waals surface area (Å²) in [4.78, 5) is 15.7. The highest BCUT2D eigenvalue weighted by atomic mass is 16.6. The molecular formula is C15H23N3O2. The summed E-state index contributed by atoms with van der Waals surface area (Å²) in [6, 6.07) is 6.36. The number of aryl methyl sites for hydroxylation is 1. The van der Waals surface area contributed by atoms with E-state index in [0.717, 1.165) is 18.7 Å². The number of amides is 1. The minimum absolute atomic E-state index is 0.213. The van der Waals surface area contributed by atoms with Gasteiger partial charge in [0.05, 0.1) is 6.61 Å². The van der Waals surface area contributed by atoms with E-state index in [9.17, 15) is 4.79 Å². The van der Waals surface area contributed by atoms with E-state index in [4.69, 9.17) is 10.5 Å². The van der Waals surface area contributed by atoms with Crippen molar-refractivity contribution in [2.24, 2.45) is 5.73 Å². The molecular weight excluding hydrogens is 254 g/mol. The van der Waals surface area contributed by atoms with Crippen molar-refractivity contribution in [2.75, 3.05) is 37.7 Å². The zero-order valence-corrected chi connectivity index (χ0v) is 12.3.